The van der Waals surface area contributed by atoms with Crippen molar-refractivity contribution in [2.75, 3.05) is 11.9 Å². The van der Waals surface area contributed by atoms with Crippen LogP contribution in [0.1, 0.15) is 43.1 Å². The second-order valence-electron chi connectivity index (χ2n) is 9.55. The Labute approximate surface area is 224 Å². The molecule has 0 aliphatic carbocycles. The highest BCUT2D eigenvalue weighted by Gasteiger charge is 2.28. The van der Waals surface area contributed by atoms with E-state index < -0.39 is 0 Å². The van der Waals surface area contributed by atoms with E-state index in [4.69, 9.17) is 16.6 Å². The maximum Gasteiger partial charge on any atom is 0.256 e. The Kier molecular flexibility index (Phi) is 5.96. The van der Waals surface area contributed by atoms with E-state index in [1.807, 2.05) is 0 Å². The molecule has 8 nitrogen and oxygen atoms in total. The predicted octanol–water partition coefficient (Wildman–Crippen LogP) is 5.67. The monoisotopic (exact) mass is 524 g/mol. The summed E-state index contributed by atoms with van der Waals surface area (Å²) in [7, 11) is 0. The van der Waals surface area contributed by atoms with Crippen LogP contribution in [0.2, 0.25) is 5.02 Å². The number of aromatic amines is 2. The number of fused-ring (bicyclic) bond motifs is 2. The summed E-state index contributed by atoms with van der Waals surface area (Å²) in [4.78, 5) is 36.3. The molecule has 6 rings (SSSR count). The molecule has 3 aromatic carbocycles. The van der Waals surface area contributed by atoms with Gasteiger partial charge in [0.25, 0.3) is 11.8 Å². The van der Waals surface area contributed by atoms with Gasteiger partial charge in [0.2, 0.25) is 0 Å². The first-order valence-electron chi connectivity index (χ1n) is 12.4. The summed E-state index contributed by atoms with van der Waals surface area (Å²) in [6.45, 7) is 5.07. The lowest BCUT2D eigenvalue weighted by Gasteiger charge is -2.27. The van der Waals surface area contributed by atoms with Gasteiger partial charge in [-0.1, -0.05) is 23.7 Å². The summed E-state index contributed by atoms with van der Waals surface area (Å²) >= 11 is 5.94. The van der Waals surface area contributed by atoms with Crippen molar-refractivity contribution in [3.05, 3.63) is 99.2 Å². The number of carbonyl (C=O) groups excluding carboxylic acids is 2. The molecule has 3 N–H and O–H groups in total. The minimum atomic E-state index is -0.308. The number of rotatable bonds is 4. The molecule has 190 valence electrons. The van der Waals surface area contributed by atoms with Crippen molar-refractivity contribution in [1.82, 2.24) is 25.1 Å². The largest absolute Gasteiger partial charge is 0.337 e. The first kappa shape index (κ1) is 23.9. The van der Waals surface area contributed by atoms with Gasteiger partial charge in [0.05, 0.1) is 34.5 Å². The number of aryl methyl sites for hydroxylation is 2. The highest BCUT2D eigenvalue weighted by molar-refractivity contribution is 6.30. The van der Waals surface area contributed by atoms with Gasteiger partial charge < -0.3 is 15.2 Å². The molecule has 0 saturated heterocycles. The van der Waals surface area contributed by atoms with E-state index in [0.717, 1.165) is 33.8 Å². The van der Waals surface area contributed by atoms with Crippen LogP contribution in [0.3, 0.4) is 0 Å². The van der Waals surface area contributed by atoms with Crippen molar-refractivity contribution >= 4 is 40.1 Å². The van der Waals surface area contributed by atoms with Gasteiger partial charge in [-0.2, -0.15) is 5.10 Å². The first-order chi connectivity index (χ1) is 18.4. The molecule has 5 aromatic rings. The predicted molar refractivity (Wildman–Crippen MR) is 147 cm³/mol. The van der Waals surface area contributed by atoms with Crippen LogP contribution in [0.15, 0.2) is 60.7 Å². The number of aromatic nitrogens is 4. The number of para-hydroxylation sites is 1. The summed E-state index contributed by atoms with van der Waals surface area (Å²) in [5.41, 5.74) is 8.36. The van der Waals surface area contributed by atoms with E-state index in [2.05, 4.69) is 46.5 Å². The van der Waals surface area contributed by atoms with Crippen LogP contribution >= 0.6 is 11.6 Å². The zero-order valence-corrected chi connectivity index (χ0v) is 21.7. The number of benzene rings is 3. The minimum absolute atomic E-state index is 0.159. The van der Waals surface area contributed by atoms with Crippen LogP contribution in [0.5, 0.6) is 0 Å². The van der Waals surface area contributed by atoms with Gasteiger partial charge in [0, 0.05) is 22.7 Å². The molecule has 0 bridgehead atoms. The Bertz CT molecular complexity index is 1660. The maximum atomic E-state index is 13.6. The minimum Gasteiger partial charge on any atom is -0.337 e. The topological polar surface area (TPSA) is 107 Å². The molecule has 0 radical (unpaired) electrons. The van der Waals surface area contributed by atoms with E-state index in [1.54, 1.807) is 53.4 Å². The smallest absolute Gasteiger partial charge is 0.256 e. The number of imidazole rings is 1. The van der Waals surface area contributed by atoms with Crippen molar-refractivity contribution in [1.29, 1.82) is 0 Å². The van der Waals surface area contributed by atoms with Crippen LogP contribution in [0.25, 0.3) is 22.6 Å². The number of amides is 2. The Morgan fingerprint density at radius 1 is 1.03 bits per heavy atom. The van der Waals surface area contributed by atoms with Gasteiger partial charge in [-0.3, -0.25) is 14.7 Å². The third kappa shape index (κ3) is 4.33. The third-order valence-electron chi connectivity index (χ3n) is 7.05. The molecule has 0 spiro atoms. The van der Waals surface area contributed by atoms with Gasteiger partial charge >= 0.3 is 0 Å². The molecule has 2 aromatic heterocycles. The van der Waals surface area contributed by atoms with E-state index in [9.17, 15) is 9.59 Å². The van der Waals surface area contributed by atoms with Gasteiger partial charge in [0.1, 0.15) is 5.69 Å². The molecular weight excluding hydrogens is 500 g/mol. The molecule has 2 amide bonds. The lowest BCUT2D eigenvalue weighted by molar-refractivity contribution is 0.0733. The number of nitrogens with one attached hydrogen (secondary N) is 3. The standard InChI is InChI=1S/C29H25ClN6O2/c1-16-13-23-24(14-17(16)2)32-27(31-23)26-20-11-12-36(15-25(20)34-35-26)29(38)21-5-3-4-6-22(21)33-28(37)18-7-9-19(30)10-8-18/h3-10,13-14H,11-12,15H2,1-2H3,(H,31,32)(H,33,37)(H,34,35). The summed E-state index contributed by atoms with van der Waals surface area (Å²) < 4.78 is 0. The Balaban J connectivity index is 1.23. The van der Waals surface area contributed by atoms with Crippen LogP contribution in [-0.4, -0.2) is 43.4 Å². The van der Waals surface area contributed by atoms with E-state index in [-0.39, 0.29) is 11.8 Å². The molecular formula is C29H25ClN6O2. The molecule has 3 heterocycles. The third-order valence-corrected chi connectivity index (χ3v) is 7.31. The van der Waals surface area contributed by atoms with Crippen molar-refractivity contribution in [2.45, 2.75) is 26.8 Å². The SMILES string of the molecule is Cc1cc2nc(-c3n[nH]c4c3CCN(C(=O)c3ccccc3NC(=O)c3ccc(Cl)cc3)C4)[nH]c2cc1C. The van der Waals surface area contributed by atoms with Gasteiger partial charge in [-0.25, -0.2) is 4.98 Å². The summed E-state index contributed by atoms with van der Waals surface area (Å²) in [6, 6.07) is 17.8. The van der Waals surface area contributed by atoms with Crippen LogP contribution in [-0.2, 0) is 13.0 Å². The number of nitrogens with zero attached hydrogens (tertiary/aromatic N) is 3. The molecule has 0 saturated carbocycles. The average molecular weight is 525 g/mol. The van der Waals surface area contributed by atoms with Crippen molar-refractivity contribution in [3.63, 3.8) is 0 Å². The van der Waals surface area contributed by atoms with Gasteiger partial charge in [-0.15, -0.1) is 0 Å². The molecule has 1 aliphatic rings. The van der Waals surface area contributed by atoms with E-state index in [0.29, 0.717) is 41.3 Å². The fourth-order valence-electron chi connectivity index (χ4n) is 4.81. The lowest BCUT2D eigenvalue weighted by Crippen LogP contribution is -2.36. The molecule has 1 aliphatic heterocycles. The second-order valence-corrected chi connectivity index (χ2v) is 9.99. The molecule has 0 fully saturated rings. The lowest BCUT2D eigenvalue weighted by atomic mass is 10.0. The average Bonchev–Trinajstić information content (AvgIpc) is 3.52. The second kappa shape index (κ2) is 9.46. The van der Waals surface area contributed by atoms with Crippen LogP contribution < -0.4 is 5.32 Å². The molecule has 9 heteroatoms. The van der Waals surface area contributed by atoms with Gasteiger partial charge in [-0.05, 0) is 79.9 Å². The molecule has 38 heavy (non-hydrogen) atoms. The maximum absolute atomic E-state index is 13.6. The Hall–Kier alpha value is -4.43. The molecule has 0 unspecified atom stereocenters. The van der Waals surface area contributed by atoms with E-state index in [1.165, 1.54) is 11.1 Å². The fraction of sp³-hybridized carbons (Fsp3) is 0.172. The quantitative estimate of drug-likeness (QED) is 0.281. The fourth-order valence-corrected chi connectivity index (χ4v) is 4.94. The van der Waals surface area contributed by atoms with Crippen molar-refractivity contribution in [3.8, 4) is 11.5 Å². The Morgan fingerprint density at radius 3 is 2.61 bits per heavy atom. The summed E-state index contributed by atoms with van der Waals surface area (Å²) in [5, 5.41) is 11.1. The zero-order chi connectivity index (χ0) is 26.4. The number of carbonyl (C=O) groups is 2. The number of hydrogen-bond acceptors (Lipinski definition) is 4. The first-order valence-corrected chi connectivity index (χ1v) is 12.7. The Morgan fingerprint density at radius 2 is 1.79 bits per heavy atom. The highest BCUT2D eigenvalue weighted by atomic mass is 35.5. The van der Waals surface area contributed by atoms with Crippen LogP contribution in [0, 0.1) is 13.8 Å². The highest BCUT2D eigenvalue weighted by Crippen LogP contribution is 2.30. The van der Waals surface area contributed by atoms with Crippen LogP contribution in [0.4, 0.5) is 5.69 Å². The molecule has 0 atom stereocenters. The normalized spacial score (nSPS) is 13.0. The number of anilines is 1. The van der Waals surface area contributed by atoms with Crippen molar-refractivity contribution < 1.29 is 9.59 Å². The van der Waals surface area contributed by atoms with E-state index >= 15 is 0 Å². The number of halogens is 1. The number of H-pyrrole nitrogens is 2. The van der Waals surface area contributed by atoms with Gasteiger partial charge in [0.15, 0.2) is 5.82 Å². The number of hydrogen-bond donors (Lipinski definition) is 3. The summed E-state index contributed by atoms with van der Waals surface area (Å²) in [5.74, 6) is 0.253. The van der Waals surface area contributed by atoms with Crippen molar-refractivity contribution in [2.24, 2.45) is 0 Å². The zero-order valence-electron chi connectivity index (χ0n) is 20.9. The summed E-state index contributed by atoms with van der Waals surface area (Å²) in [6.07, 6.45) is 0.640.